The van der Waals surface area contributed by atoms with Crippen molar-refractivity contribution in [2.24, 2.45) is 0 Å². The number of halogens is 2. The molecule has 0 spiro atoms. The fourth-order valence-corrected chi connectivity index (χ4v) is 3.66. The van der Waals surface area contributed by atoms with Crippen LogP contribution in [0, 0.1) is 0 Å². The maximum atomic E-state index is 12.1. The fourth-order valence-electron chi connectivity index (χ4n) is 3.16. The second-order valence-corrected chi connectivity index (χ2v) is 6.63. The summed E-state index contributed by atoms with van der Waals surface area (Å²) in [6, 6.07) is 1.73. The molecule has 2 aliphatic rings. The van der Waals surface area contributed by atoms with E-state index in [2.05, 4.69) is 20.1 Å². The third kappa shape index (κ3) is 3.47. The van der Waals surface area contributed by atoms with Gasteiger partial charge in [0, 0.05) is 38.9 Å². The maximum Gasteiger partial charge on any atom is 0.237 e. The molecule has 5 nitrogen and oxygen atoms in total. The van der Waals surface area contributed by atoms with Crippen LogP contribution in [0.15, 0.2) is 12.3 Å². The van der Waals surface area contributed by atoms with Crippen LogP contribution in [0.25, 0.3) is 0 Å². The van der Waals surface area contributed by atoms with Crippen LogP contribution in [-0.4, -0.2) is 54.6 Å². The number of nitrogens with zero attached hydrogens (tertiary/aromatic N) is 3. The molecular formula is C15H20Cl2N4O. The van der Waals surface area contributed by atoms with E-state index >= 15 is 0 Å². The molecule has 2 fully saturated rings. The van der Waals surface area contributed by atoms with E-state index in [-0.39, 0.29) is 11.9 Å². The van der Waals surface area contributed by atoms with Crippen molar-refractivity contribution in [3.05, 3.63) is 22.3 Å². The number of nitrogens with one attached hydrogen (secondary N) is 1. The molecular weight excluding hydrogens is 323 g/mol. The zero-order chi connectivity index (χ0) is 15.5. The summed E-state index contributed by atoms with van der Waals surface area (Å²) in [6.45, 7) is 4.13. The molecule has 7 heteroatoms. The van der Waals surface area contributed by atoms with E-state index in [0.717, 1.165) is 57.8 Å². The molecule has 3 heterocycles. The number of hydrogen-bond acceptors (Lipinski definition) is 4. The Labute approximate surface area is 140 Å². The smallest absolute Gasteiger partial charge is 0.237 e. The lowest BCUT2D eigenvalue weighted by atomic mass is 10.1. The number of pyridine rings is 1. The van der Waals surface area contributed by atoms with Crippen molar-refractivity contribution >= 4 is 34.9 Å². The van der Waals surface area contributed by atoms with Crippen molar-refractivity contribution in [2.75, 3.05) is 37.6 Å². The lowest BCUT2D eigenvalue weighted by Gasteiger charge is -2.39. The normalized spacial score (nSPS) is 24.0. The van der Waals surface area contributed by atoms with Gasteiger partial charge in [-0.1, -0.05) is 23.2 Å². The van der Waals surface area contributed by atoms with Gasteiger partial charge in [-0.3, -0.25) is 9.69 Å². The first kappa shape index (κ1) is 15.8. The number of piperazine rings is 1. The third-order valence-electron chi connectivity index (χ3n) is 4.35. The molecule has 1 atom stereocenters. The molecule has 0 unspecified atom stereocenters. The maximum absolute atomic E-state index is 12.1. The van der Waals surface area contributed by atoms with Gasteiger partial charge in [-0.2, -0.15) is 0 Å². The fraction of sp³-hybridized carbons (Fsp3) is 0.600. The minimum absolute atomic E-state index is 0.0123. The molecule has 0 aromatic carbocycles. The molecule has 0 radical (unpaired) electrons. The highest BCUT2D eigenvalue weighted by molar-refractivity contribution is 6.36. The van der Waals surface area contributed by atoms with Crippen LogP contribution in [0.4, 0.5) is 5.82 Å². The van der Waals surface area contributed by atoms with E-state index in [4.69, 9.17) is 23.2 Å². The highest BCUT2D eigenvalue weighted by atomic mass is 35.5. The van der Waals surface area contributed by atoms with Crippen molar-refractivity contribution in [3.63, 3.8) is 0 Å². The van der Waals surface area contributed by atoms with Gasteiger partial charge in [0.1, 0.15) is 5.82 Å². The van der Waals surface area contributed by atoms with Crippen LogP contribution in [-0.2, 0) is 4.79 Å². The Bertz CT molecular complexity index is 546. The van der Waals surface area contributed by atoms with Crippen LogP contribution in [0.3, 0.4) is 0 Å². The minimum Gasteiger partial charge on any atom is -0.355 e. The molecule has 0 aliphatic carbocycles. The van der Waals surface area contributed by atoms with E-state index in [1.165, 1.54) is 0 Å². The molecule has 1 N–H and O–H groups in total. The van der Waals surface area contributed by atoms with Gasteiger partial charge in [-0.15, -0.1) is 0 Å². The van der Waals surface area contributed by atoms with E-state index in [1.54, 1.807) is 12.3 Å². The largest absolute Gasteiger partial charge is 0.355 e. The summed E-state index contributed by atoms with van der Waals surface area (Å²) in [7, 11) is 0. The predicted molar refractivity (Wildman–Crippen MR) is 88.7 cm³/mol. The summed E-state index contributed by atoms with van der Waals surface area (Å²) in [4.78, 5) is 20.9. The molecule has 1 aromatic rings. The molecule has 0 bridgehead atoms. The first-order valence-corrected chi connectivity index (χ1v) is 8.48. The van der Waals surface area contributed by atoms with Gasteiger partial charge in [0.2, 0.25) is 5.91 Å². The third-order valence-corrected chi connectivity index (χ3v) is 4.83. The van der Waals surface area contributed by atoms with Crippen molar-refractivity contribution in [1.29, 1.82) is 0 Å². The van der Waals surface area contributed by atoms with Crippen molar-refractivity contribution in [1.82, 2.24) is 15.2 Å². The Hall–Kier alpha value is -1.04. The predicted octanol–water partition coefficient (Wildman–Crippen LogP) is 2.18. The van der Waals surface area contributed by atoms with Crippen molar-refractivity contribution in [3.8, 4) is 0 Å². The average molecular weight is 343 g/mol. The van der Waals surface area contributed by atoms with Gasteiger partial charge in [0.15, 0.2) is 0 Å². The van der Waals surface area contributed by atoms with Gasteiger partial charge in [0.05, 0.1) is 16.1 Å². The van der Waals surface area contributed by atoms with Gasteiger partial charge in [0.25, 0.3) is 0 Å². The minimum atomic E-state index is 0.0123. The van der Waals surface area contributed by atoms with Crippen LogP contribution in [0.5, 0.6) is 0 Å². The summed E-state index contributed by atoms with van der Waals surface area (Å²) in [6.07, 6.45) is 4.75. The first-order chi connectivity index (χ1) is 10.6. The van der Waals surface area contributed by atoms with Crippen LogP contribution < -0.4 is 10.2 Å². The highest BCUT2D eigenvalue weighted by Crippen LogP contribution is 2.27. The summed E-state index contributed by atoms with van der Waals surface area (Å²) in [5.41, 5.74) is 0. The Balaban J connectivity index is 1.63. The highest BCUT2D eigenvalue weighted by Gasteiger charge is 2.30. The molecule has 2 aliphatic heterocycles. The number of rotatable bonds is 2. The summed E-state index contributed by atoms with van der Waals surface area (Å²) >= 11 is 12.1. The summed E-state index contributed by atoms with van der Waals surface area (Å²) in [5.74, 6) is 0.949. The zero-order valence-corrected chi connectivity index (χ0v) is 13.9. The topological polar surface area (TPSA) is 48.5 Å². The van der Waals surface area contributed by atoms with E-state index < -0.39 is 0 Å². The molecule has 1 aromatic heterocycles. The van der Waals surface area contributed by atoms with Crippen molar-refractivity contribution < 1.29 is 4.79 Å². The number of anilines is 1. The van der Waals surface area contributed by atoms with E-state index in [1.807, 2.05) is 0 Å². The lowest BCUT2D eigenvalue weighted by molar-refractivity contribution is -0.126. The number of hydrogen-bond donors (Lipinski definition) is 1. The second kappa shape index (κ2) is 7.02. The van der Waals surface area contributed by atoms with E-state index in [9.17, 15) is 4.79 Å². The second-order valence-electron chi connectivity index (χ2n) is 5.78. The quantitative estimate of drug-likeness (QED) is 0.894. The summed E-state index contributed by atoms with van der Waals surface area (Å²) < 4.78 is 0. The molecule has 2 saturated heterocycles. The monoisotopic (exact) mass is 342 g/mol. The zero-order valence-electron chi connectivity index (χ0n) is 12.4. The molecule has 0 saturated carbocycles. The van der Waals surface area contributed by atoms with Crippen molar-refractivity contribution in [2.45, 2.75) is 25.3 Å². The van der Waals surface area contributed by atoms with Gasteiger partial charge in [-0.25, -0.2) is 4.98 Å². The van der Waals surface area contributed by atoms with Gasteiger partial charge in [-0.05, 0) is 25.3 Å². The number of amides is 1. The van der Waals surface area contributed by atoms with Crippen LogP contribution in [0.1, 0.15) is 19.3 Å². The number of carbonyl (C=O) groups is 1. The molecule has 120 valence electrons. The summed E-state index contributed by atoms with van der Waals surface area (Å²) in [5, 5.41) is 4.13. The number of aromatic nitrogens is 1. The first-order valence-electron chi connectivity index (χ1n) is 7.73. The lowest BCUT2D eigenvalue weighted by Crippen LogP contribution is -2.54. The number of carbonyl (C=O) groups excluding carboxylic acids is 1. The van der Waals surface area contributed by atoms with Gasteiger partial charge < -0.3 is 10.2 Å². The Kier molecular flexibility index (Phi) is 5.06. The van der Waals surface area contributed by atoms with Crippen LogP contribution >= 0.6 is 23.2 Å². The van der Waals surface area contributed by atoms with Crippen LogP contribution in [0.2, 0.25) is 10.0 Å². The van der Waals surface area contributed by atoms with E-state index in [0.29, 0.717) is 10.0 Å². The standard InChI is InChI=1S/C15H20Cl2N4O/c16-11-9-12(17)14(19-10-11)21-7-5-20(6-8-21)13-3-1-2-4-18-15(13)22/h9-10,13H,1-8H2,(H,18,22)/t13-/m1/s1. The Morgan fingerprint density at radius 3 is 2.68 bits per heavy atom. The molecule has 1 amide bonds. The molecule has 22 heavy (non-hydrogen) atoms. The SMILES string of the molecule is O=C1NCCCC[C@H]1N1CCN(c2ncc(Cl)cc2Cl)CC1. The Morgan fingerprint density at radius 2 is 1.95 bits per heavy atom. The average Bonchev–Trinajstić information content (AvgIpc) is 2.72. The molecule has 3 rings (SSSR count). The van der Waals surface area contributed by atoms with Gasteiger partial charge >= 0.3 is 0 Å². The Morgan fingerprint density at radius 1 is 1.18 bits per heavy atom.